The monoisotopic (exact) mass is 628 g/mol. The highest BCUT2D eigenvalue weighted by Gasteiger charge is 2.51. The van der Waals surface area contributed by atoms with Crippen molar-refractivity contribution in [1.29, 1.82) is 0 Å². The summed E-state index contributed by atoms with van der Waals surface area (Å²) in [5.74, 6) is 0. The predicted molar refractivity (Wildman–Crippen MR) is 182 cm³/mol. The summed E-state index contributed by atoms with van der Waals surface area (Å²) >= 11 is 6.77. The molecule has 0 radical (unpaired) electrons. The molecule has 3 rings (SSSR count). The maximum absolute atomic E-state index is 12.8. The van der Waals surface area contributed by atoms with Gasteiger partial charge in [-0.15, -0.1) is 0 Å². The van der Waals surface area contributed by atoms with Gasteiger partial charge in [0.15, 0.2) is 0 Å². The zero-order valence-corrected chi connectivity index (χ0v) is 28.7. The third kappa shape index (κ3) is 10.4. The molecule has 0 saturated heterocycles. The third-order valence-electron chi connectivity index (χ3n) is 8.45. The van der Waals surface area contributed by atoms with Crippen LogP contribution in [0.4, 0.5) is 0 Å². The Kier molecular flexibility index (Phi) is 16.5. The second-order valence-electron chi connectivity index (χ2n) is 12.1. The zero-order chi connectivity index (χ0) is 31.8. The Hall–Kier alpha value is -1.73. The van der Waals surface area contributed by atoms with Crippen LogP contribution in [0.15, 0.2) is 54.1 Å². The van der Waals surface area contributed by atoms with Gasteiger partial charge in [0.05, 0.1) is 6.61 Å². The highest BCUT2D eigenvalue weighted by molar-refractivity contribution is 6.31. The lowest BCUT2D eigenvalue weighted by Gasteiger charge is -2.46. The lowest BCUT2D eigenvalue weighted by atomic mass is 9.75. The van der Waals surface area contributed by atoms with Crippen LogP contribution < -0.4 is 0 Å². The second kappa shape index (κ2) is 19.7. The van der Waals surface area contributed by atoms with E-state index in [1.807, 2.05) is 24.3 Å². The number of unbranched alkanes of at least 4 members (excludes halogenated alkanes) is 4. The van der Waals surface area contributed by atoms with Gasteiger partial charge >= 0.3 is 0 Å². The normalized spacial score (nSPS) is 21.9. The molecule has 4 atom stereocenters. The summed E-state index contributed by atoms with van der Waals surface area (Å²) < 4.78 is 25.9. The van der Waals surface area contributed by atoms with Crippen LogP contribution in [0.1, 0.15) is 108 Å². The predicted octanol–water partition coefficient (Wildman–Crippen LogP) is 8.99. The van der Waals surface area contributed by atoms with Crippen LogP contribution in [0.2, 0.25) is 5.02 Å². The largest absolute Gasteiger partial charge is 0.378 e. The van der Waals surface area contributed by atoms with Crippen molar-refractivity contribution in [3.05, 3.63) is 81.4 Å². The van der Waals surface area contributed by atoms with E-state index < -0.39 is 17.8 Å². The highest BCUT2D eigenvalue weighted by Crippen LogP contribution is 2.42. The van der Waals surface area contributed by atoms with Crippen LogP contribution in [0.3, 0.4) is 0 Å². The fourth-order valence-electron chi connectivity index (χ4n) is 5.62. The van der Waals surface area contributed by atoms with Crippen LogP contribution in [0, 0.1) is 0 Å². The highest BCUT2D eigenvalue weighted by atomic mass is 35.5. The summed E-state index contributed by atoms with van der Waals surface area (Å²) in [5, 5.41) is 13.5. The molecule has 0 aromatic heterocycles. The number of hydrogen-bond acceptors (Lipinski definition) is 5. The number of hydrogen-bond donors (Lipinski definition) is 1. The number of benzene rings is 2. The van der Waals surface area contributed by atoms with Crippen LogP contribution in [0.5, 0.6) is 0 Å². The molecule has 0 bridgehead atoms. The summed E-state index contributed by atoms with van der Waals surface area (Å²) in [5.41, 5.74) is 3.64. The fourth-order valence-corrected chi connectivity index (χ4v) is 5.80. The lowest BCUT2D eigenvalue weighted by Crippen LogP contribution is -2.58. The molecule has 1 aliphatic carbocycles. The molecule has 0 spiro atoms. The van der Waals surface area contributed by atoms with Gasteiger partial charge in [0.25, 0.3) is 0 Å². The van der Waals surface area contributed by atoms with Crippen molar-refractivity contribution in [3.63, 3.8) is 0 Å². The fraction of sp³-hybridized carbons (Fsp3) is 0.632. The van der Waals surface area contributed by atoms with E-state index in [1.54, 1.807) is 0 Å². The molecule has 5 nitrogen and oxygen atoms in total. The van der Waals surface area contributed by atoms with Crippen LogP contribution >= 0.6 is 11.6 Å². The Balaban J connectivity index is 2.09. The van der Waals surface area contributed by atoms with E-state index >= 15 is 0 Å². The molecule has 0 unspecified atom stereocenters. The molecule has 0 fully saturated rings. The molecule has 246 valence electrons. The first-order valence-corrected chi connectivity index (χ1v) is 17.5. The average Bonchev–Trinajstić information content (AvgIpc) is 3.03. The Morgan fingerprint density at radius 3 is 1.95 bits per heavy atom. The van der Waals surface area contributed by atoms with Crippen molar-refractivity contribution in [3.8, 4) is 0 Å². The molecular formula is C38H57ClO5. The van der Waals surface area contributed by atoms with E-state index in [2.05, 4.69) is 58.9 Å². The number of aliphatic hydroxyl groups is 1. The Labute approximate surface area is 272 Å². The second-order valence-corrected chi connectivity index (χ2v) is 12.5. The lowest BCUT2D eigenvalue weighted by molar-refractivity contribution is -0.195. The molecule has 0 saturated carbocycles. The smallest absolute Gasteiger partial charge is 0.137 e. The summed E-state index contributed by atoms with van der Waals surface area (Å²) in [6, 6.07) is 14.5. The first kappa shape index (κ1) is 36.7. The summed E-state index contributed by atoms with van der Waals surface area (Å²) in [7, 11) is 0. The van der Waals surface area contributed by atoms with Gasteiger partial charge in [0.2, 0.25) is 0 Å². The average molecular weight is 629 g/mol. The van der Waals surface area contributed by atoms with Crippen LogP contribution in [-0.2, 0) is 37.4 Å². The van der Waals surface area contributed by atoms with E-state index in [9.17, 15) is 5.11 Å². The molecular weight excluding hydrogens is 572 g/mol. The van der Waals surface area contributed by atoms with E-state index in [-0.39, 0.29) is 6.10 Å². The molecule has 1 aliphatic rings. The first-order valence-electron chi connectivity index (χ1n) is 17.1. The molecule has 1 N–H and O–H groups in total. The standard InChI is InChI=1S/C38H57ClO5/c1-6-11-21-41-28-32-27-38(40,33-19-20-34(39)31(26-33)25-30-17-15-29(10-5)16-18-30)37(44-24-14-9-4)36(43-23-13-8-3)35(32)42-22-12-7-2/h15-20,26-27,35-37,40H,6-14,21-25,28H2,1-5H3/t35-,36+,37-,38-/m1/s1. The van der Waals surface area contributed by atoms with Crippen molar-refractivity contribution in [1.82, 2.24) is 0 Å². The number of rotatable bonds is 21. The van der Waals surface area contributed by atoms with Gasteiger partial charge in [-0.1, -0.05) is 108 Å². The van der Waals surface area contributed by atoms with Crippen molar-refractivity contribution in [2.45, 2.75) is 123 Å². The van der Waals surface area contributed by atoms with Gasteiger partial charge in [0, 0.05) is 31.5 Å². The molecule has 2 aromatic carbocycles. The van der Waals surface area contributed by atoms with Crippen LogP contribution in [0.25, 0.3) is 0 Å². The molecule has 0 heterocycles. The van der Waals surface area contributed by atoms with E-state index in [1.165, 1.54) is 11.1 Å². The number of halogens is 1. The number of ether oxygens (including phenoxy) is 4. The number of aryl methyl sites for hydroxylation is 1. The van der Waals surface area contributed by atoms with Crippen molar-refractivity contribution >= 4 is 11.6 Å². The van der Waals surface area contributed by atoms with Gasteiger partial charge in [-0.25, -0.2) is 0 Å². The quantitative estimate of drug-likeness (QED) is 0.110. The van der Waals surface area contributed by atoms with Gasteiger partial charge in [-0.2, -0.15) is 0 Å². The van der Waals surface area contributed by atoms with Crippen molar-refractivity contribution < 1.29 is 24.1 Å². The van der Waals surface area contributed by atoms with E-state index in [0.29, 0.717) is 44.5 Å². The zero-order valence-electron chi connectivity index (χ0n) is 27.9. The molecule has 6 heteroatoms. The maximum atomic E-state index is 12.8. The van der Waals surface area contributed by atoms with E-state index in [4.69, 9.17) is 30.5 Å². The van der Waals surface area contributed by atoms with Crippen LogP contribution in [-0.4, -0.2) is 56.5 Å². The minimum Gasteiger partial charge on any atom is -0.378 e. The van der Waals surface area contributed by atoms with Gasteiger partial charge < -0.3 is 24.1 Å². The Bertz CT molecular complexity index is 1120. The minimum absolute atomic E-state index is 0.365. The summed E-state index contributed by atoms with van der Waals surface area (Å²) in [4.78, 5) is 0. The minimum atomic E-state index is -1.45. The molecule has 0 aliphatic heterocycles. The molecule has 2 aromatic rings. The van der Waals surface area contributed by atoms with Gasteiger partial charge in [-0.05, 0) is 78.5 Å². The Morgan fingerprint density at radius 2 is 1.32 bits per heavy atom. The van der Waals surface area contributed by atoms with Crippen molar-refractivity contribution in [2.24, 2.45) is 0 Å². The SMILES string of the molecule is CCCCOCC1=C[C@@](O)(c2ccc(Cl)c(Cc3ccc(CC)cc3)c2)[C@H](OCCCC)[C@@H](OCCCC)[C@@H]1OCCCC. The Morgan fingerprint density at radius 1 is 0.727 bits per heavy atom. The topological polar surface area (TPSA) is 57.2 Å². The maximum Gasteiger partial charge on any atom is 0.137 e. The first-order chi connectivity index (χ1) is 21.4. The van der Waals surface area contributed by atoms with Crippen molar-refractivity contribution in [2.75, 3.05) is 33.0 Å². The summed E-state index contributed by atoms with van der Waals surface area (Å²) in [6.07, 6.45) is 9.97. The summed E-state index contributed by atoms with van der Waals surface area (Å²) in [6.45, 7) is 13.5. The van der Waals surface area contributed by atoms with Gasteiger partial charge in [-0.3, -0.25) is 0 Å². The molecule has 44 heavy (non-hydrogen) atoms. The third-order valence-corrected chi connectivity index (χ3v) is 8.81. The molecule has 0 amide bonds. The van der Waals surface area contributed by atoms with Gasteiger partial charge in [0.1, 0.15) is 23.9 Å². The van der Waals surface area contributed by atoms with E-state index in [0.717, 1.165) is 74.5 Å².